The van der Waals surface area contributed by atoms with Gasteiger partial charge in [0.15, 0.2) is 11.5 Å². The summed E-state index contributed by atoms with van der Waals surface area (Å²) in [6.45, 7) is 3.70. The Morgan fingerprint density at radius 2 is 2.08 bits per heavy atom. The summed E-state index contributed by atoms with van der Waals surface area (Å²) in [5, 5.41) is 11.0. The van der Waals surface area contributed by atoms with E-state index < -0.39 is 11.7 Å². The molecule has 8 heteroatoms. The van der Waals surface area contributed by atoms with Gasteiger partial charge in [0.05, 0.1) is 11.9 Å². The van der Waals surface area contributed by atoms with Gasteiger partial charge in [-0.1, -0.05) is 0 Å². The van der Waals surface area contributed by atoms with E-state index in [9.17, 15) is 9.18 Å². The summed E-state index contributed by atoms with van der Waals surface area (Å²) in [4.78, 5) is 16.6. The Morgan fingerprint density at radius 1 is 1.23 bits per heavy atom. The lowest BCUT2D eigenvalue weighted by Gasteiger charge is -2.09. The molecule has 0 aliphatic carbocycles. The molecule has 3 aromatic heterocycles. The summed E-state index contributed by atoms with van der Waals surface area (Å²) in [7, 11) is 0. The summed E-state index contributed by atoms with van der Waals surface area (Å²) < 4.78 is 17.6. The largest absolute Gasteiger partial charge is 0.322 e. The molecule has 1 N–H and O–H groups in total. The molecular formula is C18H15FN6O. The molecule has 0 aliphatic rings. The molecule has 0 saturated heterocycles. The van der Waals surface area contributed by atoms with E-state index in [-0.39, 0.29) is 0 Å². The van der Waals surface area contributed by atoms with Crippen LogP contribution < -0.4 is 5.32 Å². The number of nitrogens with zero attached hydrogens (tertiary/aromatic N) is 5. The highest BCUT2D eigenvalue weighted by molar-refractivity contribution is 6.08. The number of hydrogen-bond donors (Lipinski definition) is 1. The van der Waals surface area contributed by atoms with Crippen LogP contribution >= 0.6 is 0 Å². The number of hydrogen-bond acceptors (Lipinski definition) is 4. The first-order chi connectivity index (χ1) is 12.5. The van der Waals surface area contributed by atoms with Crippen molar-refractivity contribution in [3.63, 3.8) is 0 Å². The summed E-state index contributed by atoms with van der Waals surface area (Å²) in [5.41, 5.74) is 3.05. The van der Waals surface area contributed by atoms with Gasteiger partial charge < -0.3 is 5.32 Å². The van der Waals surface area contributed by atoms with Gasteiger partial charge in [0, 0.05) is 23.8 Å². The topological polar surface area (TPSA) is 77.1 Å². The first-order valence-corrected chi connectivity index (χ1v) is 7.96. The standard InChI is InChI=1S/C18H15FN6O/c1-11-8-12(2)25(23-11)16-5-4-13(9-15(16)19)22-18(26)14-10-21-24-7-3-6-20-17(14)24/h3-10H,1-2H3,(H,22,26). The second kappa shape index (κ2) is 6.07. The molecule has 0 radical (unpaired) electrons. The van der Waals surface area contributed by atoms with Crippen molar-refractivity contribution >= 4 is 17.2 Å². The molecule has 130 valence electrons. The number of rotatable bonds is 3. The fourth-order valence-corrected chi connectivity index (χ4v) is 2.82. The minimum atomic E-state index is -0.480. The van der Waals surface area contributed by atoms with Crippen LogP contribution in [0.4, 0.5) is 10.1 Å². The first kappa shape index (κ1) is 15.9. The number of aryl methyl sites for hydroxylation is 2. The van der Waals surface area contributed by atoms with E-state index >= 15 is 0 Å². The predicted octanol–water partition coefficient (Wildman–Crippen LogP) is 2.92. The number of benzene rings is 1. The van der Waals surface area contributed by atoms with E-state index in [1.54, 1.807) is 30.6 Å². The maximum Gasteiger partial charge on any atom is 0.261 e. The fourth-order valence-electron chi connectivity index (χ4n) is 2.82. The van der Waals surface area contributed by atoms with Crippen LogP contribution in [0, 0.1) is 19.7 Å². The highest BCUT2D eigenvalue weighted by Crippen LogP contribution is 2.21. The Kier molecular flexibility index (Phi) is 3.72. The third kappa shape index (κ3) is 2.71. The molecule has 0 atom stereocenters. The summed E-state index contributed by atoms with van der Waals surface area (Å²) in [6, 6.07) is 8.07. The minimum absolute atomic E-state index is 0.314. The van der Waals surface area contributed by atoms with Crippen molar-refractivity contribution in [2.24, 2.45) is 0 Å². The van der Waals surface area contributed by atoms with E-state index in [0.717, 1.165) is 11.4 Å². The number of anilines is 1. The van der Waals surface area contributed by atoms with Crippen LogP contribution in [0.3, 0.4) is 0 Å². The molecule has 0 saturated carbocycles. The zero-order valence-corrected chi connectivity index (χ0v) is 14.1. The maximum absolute atomic E-state index is 14.5. The van der Waals surface area contributed by atoms with Crippen molar-refractivity contribution in [3.05, 3.63) is 71.7 Å². The molecule has 0 aliphatic heterocycles. The second-order valence-corrected chi connectivity index (χ2v) is 5.91. The molecule has 0 spiro atoms. The highest BCUT2D eigenvalue weighted by Gasteiger charge is 2.15. The number of amides is 1. The van der Waals surface area contributed by atoms with Crippen molar-refractivity contribution < 1.29 is 9.18 Å². The van der Waals surface area contributed by atoms with Gasteiger partial charge in [0.2, 0.25) is 0 Å². The molecule has 3 heterocycles. The number of halogens is 1. The first-order valence-electron chi connectivity index (χ1n) is 7.96. The van der Waals surface area contributed by atoms with Crippen molar-refractivity contribution in [2.45, 2.75) is 13.8 Å². The third-order valence-electron chi connectivity index (χ3n) is 3.97. The molecule has 0 bridgehead atoms. The van der Waals surface area contributed by atoms with E-state index in [4.69, 9.17) is 0 Å². The van der Waals surface area contributed by atoms with Gasteiger partial charge in [-0.15, -0.1) is 0 Å². The zero-order chi connectivity index (χ0) is 18.3. The zero-order valence-electron chi connectivity index (χ0n) is 14.1. The Balaban J connectivity index is 1.62. The van der Waals surface area contributed by atoms with Crippen molar-refractivity contribution in [3.8, 4) is 5.69 Å². The van der Waals surface area contributed by atoms with Crippen LogP contribution in [0.1, 0.15) is 21.7 Å². The third-order valence-corrected chi connectivity index (χ3v) is 3.97. The van der Waals surface area contributed by atoms with Gasteiger partial charge in [-0.2, -0.15) is 10.2 Å². The Bertz CT molecular complexity index is 1130. The van der Waals surface area contributed by atoms with Crippen molar-refractivity contribution in [2.75, 3.05) is 5.32 Å². The Morgan fingerprint density at radius 3 is 2.81 bits per heavy atom. The van der Waals surface area contributed by atoms with Crippen LogP contribution in [-0.2, 0) is 0 Å². The molecule has 4 aromatic rings. The smallest absolute Gasteiger partial charge is 0.261 e. The molecular weight excluding hydrogens is 335 g/mol. The van der Waals surface area contributed by atoms with E-state index in [2.05, 4.69) is 20.5 Å². The number of nitrogens with one attached hydrogen (secondary N) is 1. The monoisotopic (exact) mass is 350 g/mol. The van der Waals surface area contributed by atoms with Crippen LogP contribution in [0.2, 0.25) is 0 Å². The molecule has 1 amide bonds. The van der Waals surface area contributed by atoms with Gasteiger partial charge in [-0.25, -0.2) is 18.6 Å². The summed E-state index contributed by atoms with van der Waals surface area (Å²) >= 11 is 0. The highest BCUT2D eigenvalue weighted by atomic mass is 19.1. The van der Waals surface area contributed by atoms with Crippen molar-refractivity contribution in [1.29, 1.82) is 0 Å². The number of fused-ring (bicyclic) bond motifs is 1. The Labute approximate surface area is 148 Å². The minimum Gasteiger partial charge on any atom is -0.322 e. The predicted molar refractivity (Wildman–Crippen MR) is 93.9 cm³/mol. The van der Waals surface area contributed by atoms with Gasteiger partial charge >= 0.3 is 0 Å². The molecule has 0 fully saturated rings. The van der Waals surface area contributed by atoms with Gasteiger partial charge in [0.1, 0.15) is 11.3 Å². The van der Waals surface area contributed by atoms with Gasteiger partial charge in [-0.3, -0.25) is 4.79 Å². The van der Waals surface area contributed by atoms with Gasteiger partial charge in [0.25, 0.3) is 5.91 Å². The lowest BCUT2D eigenvalue weighted by Crippen LogP contribution is -2.12. The summed E-state index contributed by atoms with van der Waals surface area (Å²) in [6.07, 6.45) is 4.71. The average Bonchev–Trinajstić information content (AvgIpc) is 3.18. The number of carbonyl (C=O) groups is 1. The van der Waals surface area contributed by atoms with Gasteiger partial charge in [-0.05, 0) is 44.2 Å². The summed E-state index contributed by atoms with van der Waals surface area (Å²) in [5.74, 6) is -0.885. The van der Waals surface area contributed by atoms with E-state index in [1.165, 1.54) is 21.5 Å². The maximum atomic E-state index is 14.5. The number of carbonyl (C=O) groups excluding carboxylic acids is 1. The van der Waals surface area contributed by atoms with Crippen LogP contribution in [-0.4, -0.2) is 30.3 Å². The lowest BCUT2D eigenvalue weighted by molar-refractivity contribution is 0.102. The van der Waals surface area contributed by atoms with Crippen molar-refractivity contribution in [1.82, 2.24) is 24.4 Å². The Hall–Kier alpha value is -3.55. The lowest BCUT2D eigenvalue weighted by atomic mass is 10.2. The molecule has 4 rings (SSSR count). The van der Waals surface area contributed by atoms with Crippen LogP contribution in [0.15, 0.2) is 48.9 Å². The molecule has 1 aromatic carbocycles. The van der Waals surface area contributed by atoms with E-state index in [0.29, 0.717) is 22.6 Å². The quantitative estimate of drug-likeness (QED) is 0.616. The van der Waals surface area contributed by atoms with E-state index in [1.807, 2.05) is 19.9 Å². The fraction of sp³-hybridized carbons (Fsp3) is 0.111. The SMILES string of the molecule is Cc1cc(C)n(-c2ccc(NC(=O)c3cnn4cccnc34)cc2F)n1. The van der Waals surface area contributed by atoms with Crippen LogP contribution in [0.5, 0.6) is 0 Å². The second-order valence-electron chi connectivity index (χ2n) is 5.91. The molecule has 7 nitrogen and oxygen atoms in total. The average molecular weight is 350 g/mol. The van der Waals surface area contributed by atoms with Crippen LogP contribution in [0.25, 0.3) is 11.3 Å². The molecule has 26 heavy (non-hydrogen) atoms. The normalized spacial score (nSPS) is 11.0. The number of aromatic nitrogens is 5. The molecule has 0 unspecified atom stereocenters.